The second-order valence-electron chi connectivity index (χ2n) is 7.45. The fourth-order valence-corrected chi connectivity index (χ4v) is 3.23. The number of para-hydroxylation sites is 1. The minimum absolute atomic E-state index is 0.0918. The first-order chi connectivity index (χ1) is 14.1. The maximum absolute atomic E-state index is 12.7. The van der Waals surface area contributed by atoms with Gasteiger partial charge in [-0.25, -0.2) is 0 Å². The largest absolute Gasteiger partial charge is 0.483 e. The average molecular weight is 413 g/mol. The van der Waals surface area contributed by atoms with Crippen molar-refractivity contribution in [3.8, 4) is 5.75 Å². The topological polar surface area (TPSA) is 51.5 Å². The van der Waals surface area contributed by atoms with Crippen molar-refractivity contribution in [3.05, 3.63) is 71.5 Å². The van der Waals surface area contributed by atoms with Gasteiger partial charge in [0.05, 0.1) is 5.56 Å². The highest BCUT2D eigenvalue weighted by Crippen LogP contribution is 2.37. The number of allylic oxidation sites excluding steroid dienone is 1. The van der Waals surface area contributed by atoms with Gasteiger partial charge in [-0.1, -0.05) is 18.2 Å². The van der Waals surface area contributed by atoms with E-state index in [-0.39, 0.29) is 17.0 Å². The standard InChI is InChI=1S/C23H18F3NO3/c1-22(2)12-11-16-19(30-22)10-8-15-13-20(29-21(15)16)18(28)9-7-14-5-3-4-6-17(14)27-23(24,25)26/h3-13,27H,1-2H3/b9-7+. The van der Waals surface area contributed by atoms with Gasteiger partial charge in [-0.2, -0.15) is 13.2 Å². The first-order valence-corrected chi connectivity index (χ1v) is 9.22. The van der Waals surface area contributed by atoms with E-state index in [0.29, 0.717) is 11.3 Å². The van der Waals surface area contributed by atoms with Gasteiger partial charge >= 0.3 is 6.30 Å². The van der Waals surface area contributed by atoms with E-state index in [1.165, 1.54) is 35.7 Å². The van der Waals surface area contributed by atoms with Crippen LogP contribution in [0.3, 0.4) is 0 Å². The number of anilines is 1. The van der Waals surface area contributed by atoms with E-state index in [4.69, 9.17) is 9.15 Å². The van der Waals surface area contributed by atoms with E-state index < -0.39 is 17.7 Å². The summed E-state index contributed by atoms with van der Waals surface area (Å²) in [5.41, 5.74) is 0.921. The zero-order valence-electron chi connectivity index (χ0n) is 16.2. The highest BCUT2D eigenvalue weighted by atomic mass is 19.4. The lowest BCUT2D eigenvalue weighted by molar-refractivity contribution is -0.0999. The van der Waals surface area contributed by atoms with Crippen molar-refractivity contribution >= 4 is 34.6 Å². The number of halogens is 3. The molecule has 0 aliphatic carbocycles. The van der Waals surface area contributed by atoms with Crippen LogP contribution in [0, 0.1) is 0 Å². The summed E-state index contributed by atoms with van der Waals surface area (Å²) < 4.78 is 49.6. The van der Waals surface area contributed by atoms with Crippen LogP contribution in [0.15, 0.2) is 59.0 Å². The summed E-state index contributed by atoms with van der Waals surface area (Å²) in [6.45, 7) is 3.87. The number of hydrogen-bond acceptors (Lipinski definition) is 4. The molecule has 1 N–H and O–H groups in total. The number of rotatable bonds is 4. The minimum atomic E-state index is -4.57. The quantitative estimate of drug-likeness (QED) is 0.304. The van der Waals surface area contributed by atoms with E-state index in [0.717, 1.165) is 10.9 Å². The predicted molar refractivity (Wildman–Crippen MR) is 109 cm³/mol. The highest BCUT2D eigenvalue weighted by Gasteiger charge is 2.28. The van der Waals surface area contributed by atoms with E-state index in [9.17, 15) is 18.0 Å². The van der Waals surface area contributed by atoms with Gasteiger partial charge < -0.3 is 9.15 Å². The molecule has 7 heteroatoms. The molecule has 4 nitrogen and oxygen atoms in total. The molecule has 1 aromatic heterocycles. The van der Waals surface area contributed by atoms with Crippen LogP contribution in [0.2, 0.25) is 0 Å². The molecular formula is C23H18F3NO3. The summed E-state index contributed by atoms with van der Waals surface area (Å²) in [7, 11) is 0. The summed E-state index contributed by atoms with van der Waals surface area (Å²) in [4.78, 5) is 12.6. The van der Waals surface area contributed by atoms with Gasteiger partial charge in [0, 0.05) is 11.1 Å². The molecule has 0 spiro atoms. The van der Waals surface area contributed by atoms with Crippen molar-refractivity contribution in [2.45, 2.75) is 25.7 Å². The Labute approximate surface area is 170 Å². The predicted octanol–water partition coefficient (Wildman–Crippen LogP) is 6.44. The molecule has 0 bridgehead atoms. The fraction of sp³-hybridized carbons (Fsp3) is 0.174. The summed E-state index contributed by atoms with van der Waals surface area (Å²) in [6.07, 6.45) is 1.74. The summed E-state index contributed by atoms with van der Waals surface area (Å²) in [5.74, 6) is 0.294. The molecule has 0 amide bonds. The van der Waals surface area contributed by atoms with Gasteiger partial charge in [0.1, 0.15) is 16.9 Å². The number of nitrogens with one attached hydrogen (secondary N) is 1. The second-order valence-corrected chi connectivity index (χ2v) is 7.45. The van der Waals surface area contributed by atoms with Crippen LogP contribution in [0.5, 0.6) is 5.75 Å². The van der Waals surface area contributed by atoms with Gasteiger partial charge in [-0.05, 0) is 68.0 Å². The lowest BCUT2D eigenvalue weighted by atomic mass is 10.0. The van der Waals surface area contributed by atoms with Gasteiger partial charge in [-0.15, -0.1) is 0 Å². The normalized spacial score (nSPS) is 15.2. The molecular weight excluding hydrogens is 395 g/mol. The molecule has 0 unspecified atom stereocenters. The van der Waals surface area contributed by atoms with E-state index >= 15 is 0 Å². The number of fused-ring (bicyclic) bond motifs is 3. The minimum Gasteiger partial charge on any atom is -0.483 e. The number of hydrogen-bond donors (Lipinski definition) is 1. The molecule has 0 atom stereocenters. The van der Waals surface area contributed by atoms with Crippen LogP contribution >= 0.6 is 0 Å². The van der Waals surface area contributed by atoms with Crippen LogP contribution in [0.1, 0.15) is 35.5 Å². The first kappa shape index (κ1) is 19.8. The fourth-order valence-electron chi connectivity index (χ4n) is 3.23. The number of benzene rings is 2. The third-order valence-corrected chi connectivity index (χ3v) is 4.60. The Bertz CT molecular complexity index is 1190. The third kappa shape index (κ3) is 4.10. The zero-order valence-corrected chi connectivity index (χ0v) is 16.2. The molecule has 0 radical (unpaired) electrons. The van der Waals surface area contributed by atoms with Crippen molar-refractivity contribution in [1.29, 1.82) is 0 Å². The average Bonchev–Trinajstić information content (AvgIpc) is 3.09. The van der Waals surface area contributed by atoms with Gasteiger partial charge in [0.25, 0.3) is 0 Å². The summed E-state index contributed by atoms with van der Waals surface area (Å²) >= 11 is 0. The van der Waals surface area contributed by atoms with Crippen molar-refractivity contribution in [2.24, 2.45) is 0 Å². The van der Waals surface area contributed by atoms with Crippen molar-refractivity contribution in [1.82, 2.24) is 0 Å². The molecule has 154 valence electrons. The number of ether oxygens (including phenoxy) is 1. The van der Waals surface area contributed by atoms with Crippen molar-refractivity contribution in [3.63, 3.8) is 0 Å². The molecule has 2 aromatic carbocycles. The molecule has 0 saturated carbocycles. The molecule has 0 saturated heterocycles. The van der Waals surface area contributed by atoms with Crippen LogP contribution in [-0.2, 0) is 0 Å². The zero-order chi connectivity index (χ0) is 21.5. The Morgan fingerprint density at radius 2 is 1.90 bits per heavy atom. The number of furan rings is 1. The Morgan fingerprint density at radius 3 is 2.67 bits per heavy atom. The Hall–Kier alpha value is -3.48. The number of alkyl halides is 3. The number of carbonyl (C=O) groups is 1. The van der Waals surface area contributed by atoms with Crippen LogP contribution in [-0.4, -0.2) is 17.7 Å². The SMILES string of the molecule is CC1(C)C=Cc2c(ccc3cc(C(=O)/C=C/c4ccccc4NC(F)(F)F)oc23)O1. The smallest absolute Gasteiger partial charge is 0.482 e. The molecule has 4 rings (SSSR count). The number of carbonyl (C=O) groups excluding carboxylic acids is 1. The van der Waals surface area contributed by atoms with E-state index in [1.54, 1.807) is 18.2 Å². The Balaban J connectivity index is 1.62. The summed E-state index contributed by atoms with van der Waals surface area (Å²) in [5, 5.41) is 2.20. The van der Waals surface area contributed by atoms with Crippen LogP contribution in [0.25, 0.3) is 23.1 Å². The molecule has 1 aliphatic heterocycles. The highest BCUT2D eigenvalue weighted by molar-refractivity contribution is 6.08. The molecule has 0 fully saturated rings. The molecule has 2 heterocycles. The molecule has 30 heavy (non-hydrogen) atoms. The van der Waals surface area contributed by atoms with Gasteiger partial charge in [0.2, 0.25) is 5.78 Å². The Morgan fingerprint density at radius 1 is 1.13 bits per heavy atom. The van der Waals surface area contributed by atoms with Crippen molar-refractivity contribution in [2.75, 3.05) is 5.32 Å². The monoisotopic (exact) mass is 413 g/mol. The maximum Gasteiger partial charge on any atom is 0.482 e. The van der Waals surface area contributed by atoms with Gasteiger partial charge in [0.15, 0.2) is 5.76 Å². The third-order valence-electron chi connectivity index (χ3n) is 4.60. The van der Waals surface area contributed by atoms with Gasteiger partial charge in [-0.3, -0.25) is 10.1 Å². The molecule has 3 aromatic rings. The van der Waals surface area contributed by atoms with Crippen LogP contribution < -0.4 is 10.1 Å². The summed E-state index contributed by atoms with van der Waals surface area (Å²) in [6, 6.07) is 11.1. The lowest BCUT2D eigenvalue weighted by Gasteiger charge is -2.27. The second kappa shape index (κ2) is 7.09. The van der Waals surface area contributed by atoms with Crippen molar-refractivity contribution < 1.29 is 27.1 Å². The Kier molecular flexibility index (Phi) is 4.68. The lowest BCUT2D eigenvalue weighted by Crippen LogP contribution is -2.27. The van der Waals surface area contributed by atoms with E-state index in [1.807, 2.05) is 32.1 Å². The molecule has 1 aliphatic rings. The first-order valence-electron chi connectivity index (χ1n) is 9.22. The maximum atomic E-state index is 12.7. The van der Waals surface area contributed by atoms with E-state index in [2.05, 4.69) is 0 Å². The number of ketones is 1. The van der Waals surface area contributed by atoms with Crippen LogP contribution in [0.4, 0.5) is 18.9 Å².